The molecule has 0 saturated carbocycles. The lowest BCUT2D eigenvalue weighted by Crippen LogP contribution is -1.96. The highest BCUT2D eigenvalue weighted by Gasteiger charge is 2.21. The molecular formula is C54H34N2O. The van der Waals surface area contributed by atoms with Crippen molar-refractivity contribution in [3.8, 4) is 44.8 Å². The summed E-state index contributed by atoms with van der Waals surface area (Å²) in [6, 6.07) is 74.5. The summed E-state index contributed by atoms with van der Waals surface area (Å²) < 4.78 is 11.5. The molecule has 3 nitrogen and oxygen atoms in total. The van der Waals surface area contributed by atoms with Gasteiger partial charge in [-0.05, 0) is 94.0 Å². The van der Waals surface area contributed by atoms with Gasteiger partial charge in [0, 0.05) is 32.6 Å². The summed E-state index contributed by atoms with van der Waals surface area (Å²) in [5.41, 5.74) is 15.7. The van der Waals surface area contributed by atoms with Crippen molar-refractivity contribution in [3.63, 3.8) is 0 Å². The van der Waals surface area contributed by atoms with E-state index in [9.17, 15) is 0 Å². The molecule has 0 bridgehead atoms. The highest BCUT2D eigenvalue weighted by atomic mass is 16.3. The van der Waals surface area contributed by atoms with Crippen LogP contribution in [0.25, 0.3) is 110 Å². The highest BCUT2D eigenvalue weighted by Crippen LogP contribution is 2.43. The van der Waals surface area contributed by atoms with E-state index < -0.39 is 0 Å². The van der Waals surface area contributed by atoms with Gasteiger partial charge in [0.25, 0.3) is 0 Å². The van der Waals surface area contributed by atoms with E-state index in [2.05, 4.69) is 215 Å². The van der Waals surface area contributed by atoms with Crippen LogP contribution in [0.15, 0.2) is 211 Å². The van der Waals surface area contributed by atoms with Crippen LogP contribution in [-0.4, -0.2) is 9.13 Å². The molecular weight excluding hydrogens is 693 g/mol. The molecule has 3 heteroatoms. The van der Waals surface area contributed by atoms with Gasteiger partial charge in [0.2, 0.25) is 0 Å². The van der Waals surface area contributed by atoms with Crippen LogP contribution < -0.4 is 0 Å². The van der Waals surface area contributed by atoms with Crippen molar-refractivity contribution in [1.82, 2.24) is 9.13 Å². The molecule has 0 spiro atoms. The van der Waals surface area contributed by atoms with Crippen LogP contribution in [0, 0.1) is 0 Å². The van der Waals surface area contributed by atoms with Crippen LogP contribution >= 0.6 is 0 Å². The fraction of sp³-hybridized carbons (Fsp3) is 0. The van der Waals surface area contributed by atoms with Gasteiger partial charge in [-0.25, -0.2) is 0 Å². The highest BCUT2D eigenvalue weighted by molar-refractivity contribution is 6.16. The predicted molar refractivity (Wildman–Crippen MR) is 239 cm³/mol. The first-order valence-electron chi connectivity index (χ1n) is 19.5. The molecule has 0 fully saturated rings. The molecule has 0 unspecified atom stereocenters. The molecule has 266 valence electrons. The molecule has 0 N–H and O–H groups in total. The number of nitrogens with zero attached hydrogens (tertiary/aromatic N) is 2. The maximum atomic E-state index is 6.68. The van der Waals surface area contributed by atoms with E-state index >= 15 is 0 Å². The lowest BCUT2D eigenvalue weighted by molar-refractivity contribution is 0.669. The summed E-state index contributed by atoms with van der Waals surface area (Å²) in [4.78, 5) is 0. The van der Waals surface area contributed by atoms with Crippen molar-refractivity contribution in [2.24, 2.45) is 0 Å². The summed E-state index contributed by atoms with van der Waals surface area (Å²) in [5, 5.41) is 7.14. The van der Waals surface area contributed by atoms with Gasteiger partial charge in [-0.15, -0.1) is 0 Å². The van der Waals surface area contributed by atoms with Gasteiger partial charge in [0.1, 0.15) is 11.2 Å². The van der Waals surface area contributed by atoms with Crippen LogP contribution in [0.1, 0.15) is 0 Å². The van der Waals surface area contributed by atoms with Crippen LogP contribution in [0.2, 0.25) is 0 Å². The summed E-state index contributed by atoms with van der Waals surface area (Å²) in [6.07, 6.45) is 0. The molecule has 0 aliphatic carbocycles. The molecule has 12 rings (SSSR count). The zero-order valence-corrected chi connectivity index (χ0v) is 30.9. The third kappa shape index (κ3) is 4.92. The minimum atomic E-state index is 0.870. The summed E-state index contributed by atoms with van der Waals surface area (Å²) in [5.74, 6) is 0. The number of hydrogen-bond acceptors (Lipinski definition) is 1. The predicted octanol–water partition coefficient (Wildman–Crippen LogP) is 14.8. The van der Waals surface area contributed by atoms with Crippen molar-refractivity contribution < 1.29 is 4.42 Å². The topological polar surface area (TPSA) is 23.0 Å². The van der Waals surface area contributed by atoms with Gasteiger partial charge in [-0.2, -0.15) is 0 Å². The summed E-state index contributed by atoms with van der Waals surface area (Å²) in [7, 11) is 0. The van der Waals surface area contributed by atoms with Gasteiger partial charge >= 0.3 is 0 Å². The molecule has 9 aromatic carbocycles. The Morgan fingerprint density at radius 3 is 1.49 bits per heavy atom. The zero-order valence-electron chi connectivity index (χ0n) is 30.9. The first kappa shape index (κ1) is 31.7. The molecule has 3 aromatic heterocycles. The number of furan rings is 1. The lowest BCUT2D eigenvalue weighted by atomic mass is 9.97. The molecule has 57 heavy (non-hydrogen) atoms. The Bertz CT molecular complexity index is 3510. The normalized spacial score (nSPS) is 11.9. The average Bonchev–Trinajstić information content (AvgIpc) is 3.94. The van der Waals surface area contributed by atoms with Crippen molar-refractivity contribution >= 4 is 65.6 Å². The molecule has 0 saturated heterocycles. The smallest absolute Gasteiger partial charge is 0.138 e. The van der Waals surface area contributed by atoms with E-state index in [1.54, 1.807) is 0 Å². The van der Waals surface area contributed by atoms with Crippen molar-refractivity contribution in [3.05, 3.63) is 206 Å². The van der Waals surface area contributed by atoms with Crippen molar-refractivity contribution in [2.45, 2.75) is 0 Å². The quantitative estimate of drug-likeness (QED) is 0.173. The Labute approximate surface area is 328 Å². The van der Waals surface area contributed by atoms with Gasteiger partial charge in [-0.1, -0.05) is 146 Å². The number of benzene rings is 9. The van der Waals surface area contributed by atoms with E-state index in [0.29, 0.717) is 0 Å². The summed E-state index contributed by atoms with van der Waals surface area (Å²) in [6.45, 7) is 0. The maximum Gasteiger partial charge on any atom is 0.138 e. The standard InChI is InChI=1S/C54H34N2O/c1-3-14-35(15-4-1)36-16-13-17-37(30-36)40-33-51(54-46-22-9-12-25-52(46)57-53(54)34-40)56-48-24-11-8-21-43(48)45-29-27-39(32-50(45)56)38-26-28-44-42-20-7-10-23-47(42)55(49(44)31-38)41-18-5-2-6-19-41/h1-34H. The van der Waals surface area contributed by atoms with Gasteiger partial charge in [-0.3, -0.25) is 0 Å². The van der Waals surface area contributed by atoms with Gasteiger partial charge < -0.3 is 13.6 Å². The summed E-state index contributed by atoms with van der Waals surface area (Å²) >= 11 is 0. The van der Waals surface area contributed by atoms with Crippen LogP contribution in [0.5, 0.6) is 0 Å². The molecule has 0 aliphatic rings. The molecule has 12 aromatic rings. The third-order valence-electron chi connectivity index (χ3n) is 11.7. The first-order valence-corrected chi connectivity index (χ1v) is 19.5. The van der Waals surface area contributed by atoms with Crippen molar-refractivity contribution in [2.75, 3.05) is 0 Å². The molecule has 3 heterocycles. The first-order chi connectivity index (χ1) is 28.3. The second-order valence-electron chi connectivity index (χ2n) is 14.9. The minimum absolute atomic E-state index is 0.870. The second kappa shape index (κ2) is 12.5. The van der Waals surface area contributed by atoms with E-state index in [-0.39, 0.29) is 0 Å². The number of rotatable bonds is 5. The molecule has 0 aliphatic heterocycles. The Morgan fingerprint density at radius 2 is 0.789 bits per heavy atom. The van der Waals surface area contributed by atoms with Crippen molar-refractivity contribution in [1.29, 1.82) is 0 Å². The van der Waals surface area contributed by atoms with Crippen LogP contribution in [0.3, 0.4) is 0 Å². The Balaban J connectivity index is 1.12. The lowest BCUT2D eigenvalue weighted by Gasteiger charge is -2.14. The van der Waals surface area contributed by atoms with E-state index in [0.717, 1.165) is 55.5 Å². The minimum Gasteiger partial charge on any atom is -0.456 e. The number of aromatic nitrogens is 2. The Morgan fingerprint density at radius 1 is 0.281 bits per heavy atom. The van der Waals surface area contributed by atoms with Crippen LogP contribution in [0.4, 0.5) is 0 Å². The largest absolute Gasteiger partial charge is 0.456 e. The molecule has 0 amide bonds. The fourth-order valence-electron chi connectivity index (χ4n) is 9.10. The van der Waals surface area contributed by atoms with E-state index in [4.69, 9.17) is 4.42 Å². The van der Waals surface area contributed by atoms with Gasteiger partial charge in [0.15, 0.2) is 0 Å². The number of hydrogen-bond donors (Lipinski definition) is 0. The third-order valence-corrected chi connectivity index (χ3v) is 11.7. The van der Waals surface area contributed by atoms with Gasteiger partial charge in [0.05, 0.1) is 33.1 Å². The maximum absolute atomic E-state index is 6.68. The fourth-order valence-corrected chi connectivity index (χ4v) is 9.10. The molecule has 0 radical (unpaired) electrons. The van der Waals surface area contributed by atoms with Crippen LogP contribution in [-0.2, 0) is 0 Å². The Kier molecular flexibility index (Phi) is 6.93. The second-order valence-corrected chi connectivity index (χ2v) is 14.9. The number of fused-ring (bicyclic) bond motifs is 9. The van der Waals surface area contributed by atoms with E-state index in [1.165, 1.54) is 54.8 Å². The SMILES string of the molecule is c1ccc(-c2cccc(-c3cc(-n4c5ccccc5c5ccc(-c6ccc7c8ccccc8n(-c8ccccc8)c7c6)cc54)c4c(c3)oc3ccccc34)c2)cc1. The Hall–Kier alpha value is -7.62. The zero-order chi connectivity index (χ0) is 37.5. The average molecular weight is 727 g/mol. The monoisotopic (exact) mass is 726 g/mol. The molecule has 0 atom stereocenters. The number of para-hydroxylation sites is 4. The van der Waals surface area contributed by atoms with E-state index in [1.807, 2.05) is 0 Å².